The van der Waals surface area contributed by atoms with Crippen LogP contribution in [-0.2, 0) is 9.59 Å². The molecule has 1 aromatic carbocycles. The van der Waals surface area contributed by atoms with E-state index in [0.29, 0.717) is 31.5 Å². The van der Waals surface area contributed by atoms with Crippen molar-refractivity contribution in [2.24, 2.45) is 0 Å². The fraction of sp³-hybridized carbons (Fsp3) is 0.357. The fourth-order valence-electron chi connectivity index (χ4n) is 2.21. The molecule has 2 amide bonds. The van der Waals surface area contributed by atoms with E-state index in [1.54, 1.807) is 17.0 Å². The largest absolute Gasteiger partial charge is 0.346 e. The molecule has 1 fully saturated rings. The maximum Gasteiger partial charge on any atom is 0.296 e. The summed E-state index contributed by atoms with van der Waals surface area (Å²) in [6, 6.07) is 9.07. The first-order valence-electron chi connectivity index (χ1n) is 6.23. The van der Waals surface area contributed by atoms with Crippen molar-refractivity contribution in [2.45, 2.75) is 18.9 Å². The molecule has 0 saturated carbocycles. The Kier molecular flexibility index (Phi) is 4.28. The molecule has 0 aliphatic carbocycles. The second-order valence-electron chi connectivity index (χ2n) is 4.51. The first-order chi connectivity index (χ1) is 9.20. The van der Waals surface area contributed by atoms with Crippen LogP contribution < -0.4 is 5.32 Å². The van der Waals surface area contributed by atoms with E-state index in [0.717, 1.165) is 0 Å². The number of benzene rings is 1. The number of piperidine rings is 1. The van der Waals surface area contributed by atoms with Crippen LogP contribution in [0.1, 0.15) is 23.2 Å². The summed E-state index contributed by atoms with van der Waals surface area (Å²) in [4.78, 5) is 35.0. The summed E-state index contributed by atoms with van der Waals surface area (Å²) < 4.78 is 0. The number of carbonyl (C=O) groups is 2. The Hall–Kier alpha value is -2.17. The number of carbonyl (C=O) groups excluding carboxylic acids is 3. The van der Waals surface area contributed by atoms with Crippen molar-refractivity contribution in [3.8, 4) is 0 Å². The predicted octanol–water partition coefficient (Wildman–Crippen LogP) is 0.517. The maximum atomic E-state index is 12.2. The Balaban J connectivity index is 1.88. The van der Waals surface area contributed by atoms with Gasteiger partial charge >= 0.3 is 0 Å². The van der Waals surface area contributed by atoms with E-state index in [1.165, 1.54) is 6.29 Å². The minimum absolute atomic E-state index is 0.00678. The molecule has 0 aromatic heterocycles. The van der Waals surface area contributed by atoms with Gasteiger partial charge in [-0.2, -0.15) is 0 Å². The van der Waals surface area contributed by atoms with E-state index >= 15 is 0 Å². The van der Waals surface area contributed by atoms with Crippen molar-refractivity contribution in [1.29, 1.82) is 0 Å². The van der Waals surface area contributed by atoms with E-state index < -0.39 is 5.91 Å². The molecule has 0 unspecified atom stereocenters. The molecule has 1 N–H and O–H groups in total. The SMILES string of the molecule is O=[C]C(=O)NC1CCN(C(=O)c2ccccc2)CC1. The highest BCUT2D eigenvalue weighted by atomic mass is 16.2. The van der Waals surface area contributed by atoms with Gasteiger partial charge in [0, 0.05) is 24.7 Å². The molecule has 1 aliphatic heterocycles. The summed E-state index contributed by atoms with van der Waals surface area (Å²) in [5.41, 5.74) is 0.672. The lowest BCUT2D eigenvalue weighted by Crippen LogP contribution is -2.46. The molecule has 19 heavy (non-hydrogen) atoms. The van der Waals surface area contributed by atoms with Gasteiger partial charge in [-0.15, -0.1) is 0 Å². The third-order valence-corrected chi connectivity index (χ3v) is 3.23. The van der Waals surface area contributed by atoms with Gasteiger partial charge in [-0.1, -0.05) is 18.2 Å². The van der Waals surface area contributed by atoms with Gasteiger partial charge in [0.2, 0.25) is 0 Å². The molecule has 1 radical (unpaired) electrons. The van der Waals surface area contributed by atoms with Crippen molar-refractivity contribution in [3.63, 3.8) is 0 Å². The third kappa shape index (κ3) is 3.40. The molecule has 99 valence electrons. The highest BCUT2D eigenvalue weighted by Gasteiger charge is 2.24. The summed E-state index contributed by atoms with van der Waals surface area (Å²) in [5.74, 6) is -0.708. The van der Waals surface area contributed by atoms with Crippen LogP contribution in [-0.4, -0.2) is 42.1 Å². The van der Waals surface area contributed by atoms with Crippen LogP contribution in [0.25, 0.3) is 0 Å². The Morgan fingerprint density at radius 2 is 1.79 bits per heavy atom. The number of rotatable bonds is 3. The van der Waals surface area contributed by atoms with Crippen molar-refractivity contribution in [1.82, 2.24) is 10.2 Å². The predicted molar refractivity (Wildman–Crippen MR) is 69.2 cm³/mol. The first-order valence-corrected chi connectivity index (χ1v) is 6.23. The van der Waals surface area contributed by atoms with E-state index in [4.69, 9.17) is 0 Å². The zero-order valence-corrected chi connectivity index (χ0v) is 10.5. The monoisotopic (exact) mass is 259 g/mol. The normalized spacial score (nSPS) is 15.9. The Bertz CT molecular complexity index is 465. The summed E-state index contributed by atoms with van der Waals surface area (Å²) in [6.45, 7) is 1.16. The number of hydrogen-bond acceptors (Lipinski definition) is 3. The van der Waals surface area contributed by atoms with Crippen LogP contribution in [0.2, 0.25) is 0 Å². The third-order valence-electron chi connectivity index (χ3n) is 3.23. The number of likely N-dealkylation sites (tertiary alicyclic amines) is 1. The van der Waals surface area contributed by atoms with E-state index in [-0.39, 0.29) is 11.9 Å². The number of amides is 2. The van der Waals surface area contributed by atoms with Gasteiger partial charge in [-0.05, 0) is 25.0 Å². The lowest BCUT2D eigenvalue weighted by Gasteiger charge is -2.32. The Labute approximate surface area is 111 Å². The molecule has 1 saturated heterocycles. The van der Waals surface area contributed by atoms with Gasteiger partial charge in [-0.25, -0.2) is 0 Å². The first kappa shape index (κ1) is 13.3. The highest BCUT2D eigenvalue weighted by molar-refractivity contribution is 6.24. The smallest absolute Gasteiger partial charge is 0.296 e. The van der Waals surface area contributed by atoms with E-state index in [9.17, 15) is 14.4 Å². The molecular formula is C14H15N2O3. The number of nitrogens with zero attached hydrogens (tertiary/aromatic N) is 1. The van der Waals surface area contributed by atoms with Gasteiger partial charge in [0.1, 0.15) is 0 Å². The molecular weight excluding hydrogens is 244 g/mol. The topological polar surface area (TPSA) is 66.5 Å². The maximum absolute atomic E-state index is 12.2. The second kappa shape index (κ2) is 6.13. The van der Waals surface area contributed by atoms with Gasteiger partial charge in [0.05, 0.1) is 0 Å². The van der Waals surface area contributed by atoms with Crippen molar-refractivity contribution < 1.29 is 14.4 Å². The Morgan fingerprint density at radius 1 is 1.16 bits per heavy atom. The van der Waals surface area contributed by atoms with Gasteiger partial charge in [-0.3, -0.25) is 14.4 Å². The van der Waals surface area contributed by atoms with Crippen LogP contribution in [0.4, 0.5) is 0 Å². The van der Waals surface area contributed by atoms with Crippen LogP contribution >= 0.6 is 0 Å². The zero-order chi connectivity index (χ0) is 13.7. The fourth-order valence-corrected chi connectivity index (χ4v) is 2.21. The van der Waals surface area contributed by atoms with Crippen molar-refractivity contribution >= 4 is 18.1 Å². The van der Waals surface area contributed by atoms with Gasteiger partial charge in [0.25, 0.3) is 18.1 Å². The van der Waals surface area contributed by atoms with Crippen LogP contribution in [0.3, 0.4) is 0 Å². The molecule has 1 heterocycles. The molecule has 0 atom stereocenters. The summed E-state index contributed by atoms with van der Waals surface area (Å²) in [6.07, 6.45) is 2.61. The minimum atomic E-state index is -0.715. The number of hydrogen-bond donors (Lipinski definition) is 1. The summed E-state index contributed by atoms with van der Waals surface area (Å²) >= 11 is 0. The molecule has 1 aromatic rings. The zero-order valence-electron chi connectivity index (χ0n) is 10.5. The van der Waals surface area contributed by atoms with Gasteiger partial charge < -0.3 is 10.2 Å². The average Bonchev–Trinajstić information content (AvgIpc) is 2.48. The van der Waals surface area contributed by atoms with E-state index in [1.807, 2.05) is 18.2 Å². The lowest BCUT2D eigenvalue weighted by molar-refractivity contribution is -0.115. The molecule has 2 rings (SSSR count). The molecule has 0 bridgehead atoms. The van der Waals surface area contributed by atoms with E-state index in [2.05, 4.69) is 5.32 Å². The average molecular weight is 259 g/mol. The molecule has 1 aliphatic rings. The highest BCUT2D eigenvalue weighted by Crippen LogP contribution is 2.13. The van der Waals surface area contributed by atoms with Crippen LogP contribution in [0.5, 0.6) is 0 Å². The number of nitrogens with one attached hydrogen (secondary N) is 1. The van der Waals surface area contributed by atoms with Crippen LogP contribution in [0.15, 0.2) is 30.3 Å². The molecule has 5 heteroatoms. The summed E-state index contributed by atoms with van der Waals surface area (Å²) in [5, 5.41) is 2.57. The van der Waals surface area contributed by atoms with Crippen molar-refractivity contribution in [3.05, 3.63) is 35.9 Å². The quantitative estimate of drug-likeness (QED) is 0.805. The van der Waals surface area contributed by atoms with Crippen LogP contribution in [0, 0.1) is 0 Å². The van der Waals surface area contributed by atoms with Crippen molar-refractivity contribution in [2.75, 3.05) is 13.1 Å². The molecule has 0 spiro atoms. The minimum Gasteiger partial charge on any atom is -0.346 e. The van der Waals surface area contributed by atoms with Gasteiger partial charge in [0.15, 0.2) is 0 Å². The second-order valence-corrected chi connectivity index (χ2v) is 4.51. The lowest BCUT2D eigenvalue weighted by atomic mass is 10.0. The molecule has 5 nitrogen and oxygen atoms in total. The Morgan fingerprint density at radius 3 is 2.37 bits per heavy atom. The standard InChI is InChI=1S/C14H15N2O3/c17-10-13(18)15-12-6-8-16(9-7-12)14(19)11-4-2-1-3-5-11/h1-5,12H,6-9H2,(H,15,18). The summed E-state index contributed by atoms with van der Waals surface area (Å²) in [7, 11) is 0.